The molecular weight excluding hydrogens is 322 g/mol. The predicted octanol–water partition coefficient (Wildman–Crippen LogP) is 2.29. The first kappa shape index (κ1) is 15.8. The number of benzene rings is 1. The average Bonchev–Trinajstić information content (AvgIpc) is 2.36. The van der Waals surface area contributed by atoms with Crippen molar-refractivity contribution in [3.63, 3.8) is 0 Å². The number of hydrogen-bond acceptors (Lipinski definition) is 3. The van der Waals surface area contributed by atoms with E-state index in [2.05, 4.69) is 26.6 Å². The number of carbonyl (C=O) groups is 1. The Morgan fingerprint density at radius 2 is 2.11 bits per heavy atom. The highest BCUT2D eigenvalue weighted by molar-refractivity contribution is 9.10. The van der Waals surface area contributed by atoms with E-state index in [9.17, 15) is 13.6 Å². The van der Waals surface area contributed by atoms with Crippen molar-refractivity contribution < 1.29 is 18.3 Å². The van der Waals surface area contributed by atoms with E-state index < -0.39 is 17.7 Å². The molecule has 0 saturated carbocycles. The minimum atomic E-state index is -0.688. The standard InChI is InChI=1S/C12H15BrF2N2O2/c1-7(12(18)16-3-4-19-2)17-11-6-9(14)8(13)5-10(11)15/h5-7,17H,3-4H2,1-2H3,(H,16,18). The number of halogens is 3. The molecule has 0 heterocycles. The van der Waals surface area contributed by atoms with Gasteiger partial charge in [-0.3, -0.25) is 4.79 Å². The first-order valence-electron chi connectivity index (χ1n) is 5.63. The van der Waals surface area contributed by atoms with Crippen molar-refractivity contribution in [2.24, 2.45) is 0 Å². The summed E-state index contributed by atoms with van der Waals surface area (Å²) in [6.07, 6.45) is 0. The molecule has 1 unspecified atom stereocenters. The number of methoxy groups -OCH3 is 1. The molecule has 0 aliphatic rings. The number of nitrogens with one attached hydrogen (secondary N) is 2. The Balaban J connectivity index is 2.63. The van der Waals surface area contributed by atoms with Crippen molar-refractivity contribution in [1.82, 2.24) is 5.32 Å². The number of carbonyl (C=O) groups excluding carboxylic acids is 1. The number of amides is 1. The van der Waals surface area contributed by atoms with E-state index in [1.165, 1.54) is 7.11 Å². The van der Waals surface area contributed by atoms with Gasteiger partial charge in [-0.2, -0.15) is 0 Å². The molecule has 7 heteroatoms. The lowest BCUT2D eigenvalue weighted by atomic mass is 10.2. The van der Waals surface area contributed by atoms with Crippen LogP contribution < -0.4 is 10.6 Å². The van der Waals surface area contributed by atoms with Crippen LogP contribution in [0.1, 0.15) is 6.92 Å². The number of hydrogen-bond donors (Lipinski definition) is 2. The van der Waals surface area contributed by atoms with Crippen LogP contribution in [0.4, 0.5) is 14.5 Å². The smallest absolute Gasteiger partial charge is 0.242 e. The lowest BCUT2D eigenvalue weighted by Crippen LogP contribution is -2.39. The zero-order valence-corrected chi connectivity index (χ0v) is 12.2. The molecule has 0 spiro atoms. The summed E-state index contributed by atoms with van der Waals surface area (Å²) in [6.45, 7) is 2.31. The third kappa shape index (κ3) is 4.76. The average molecular weight is 337 g/mol. The van der Waals surface area contributed by atoms with Gasteiger partial charge in [-0.1, -0.05) is 0 Å². The molecule has 1 rings (SSSR count). The van der Waals surface area contributed by atoms with Gasteiger partial charge in [0.15, 0.2) is 0 Å². The minimum absolute atomic E-state index is 0.0350. The summed E-state index contributed by atoms with van der Waals surface area (Å²) in [5.41, 5.74) is -0.0601. The monoisotopic (exact) mass is 336 g/mol. The van der Waals surface area contributed by atoms with Crippen LogP contribution in [-0.2, 0) is 9.53 Å². The largest absolute Gasteiger partial charge is 0.383 e. The molecule has 0 saturated heterocycles. The van der Waals surface area contributed by atoms with Crippen LogP contribution in [0, 0.1) is 11.6 Å². The van der Waals surface area contributed by atoms with Crippen molar-refractivity contribution in [2.45, 2.75) is 13.0 Å². The van der Waals surface area contributed by atoms with E-state index in [1.807, 2.05) is 0 Å². The van der Waals surface area contributed by atoms with Gasteiger partial charge in [0.2, 0.25) is 5.91 Å². The third-order valence-electron chi connectivity index (χ3n) is 2.38. The van der Waals surface area contributed by atoms with Crippen LogP contribution in [0.25, 0.3) is 0 Å². The summed E-state index contributed by atoms with van der Waals surface area (Å²) in [4.78, 5) is 11.6. The van der Waals surface area contributed by atoms with Crippen LogP contribution in [0.3, 0.4) is 0 Å². The molecule has 0 aliphatic carbocycles. The van der Waals surface area contributed by atoms with E-state index >= 15 is 0 Å². The zero-order valence-electron chi connectivity index (χ0n) is 10.6. The van der Waals surface area contributed by atoms with E-state index in [-0.39, 0.29) is 16.1 Å². The Morgan fingerprint density at radius 3 is 2.74 bits per heavy atom. The highest BCUT2D eigenvalue weighted by atomic mass is 79.9. The van der Waals surface area contributed by atoms with Crippen molar-refractivity contribution >= 4 is 27.5 Å². The van der Waals surface area contributed by atoms with E-state index in [0.717, 1.165) is 12.1 Å². The van der Waals surface area contributed by atoms with Crippen molar-refractivity contribution in [2.75, 3.05) is 25.6 Å². The molecule has 1 atom stereocenters. The minimum Gasteiger partial charge on any atom is -0.383 e. The molecule has 0 radical (unpaired) electrons. The first-order valence-corrected chi connectivity index (χ1v) is 6.42. The van der Waals surface area contributed by atoms with Gasteiger partial charge in [0, 0.05) is 19.7 Å². The Morgan fingerprint density at radius 1 is 1.42 bits per heavy atom. The Kier molecular flexibility index (Phi) is 6.17. The fourth-order valence-electron chi connectivity index (χ4n) is 1.36. The Bertz CT molecular complexity index is 458. The highest BCUT2D eigenvalue weighted by Crippen LogP contribution is 2.23. The van der Waals surface area contributed by atoms with Gasteiger partial charge in [0.1, 0.15) is 17.7 Å². The van der Waals surface area contributed by atoms with Crippen LogP contribution in [0.15, 0.2) is 16.6 Å². The maximum atomic E-state index is 13.5. The van der Waals surface area contributed by atoms with Crippen LogP contribution in [0.5, 0.6) is 0 Å². The van der Waals surface area contributed by atoms with Crippen molar-refractivity contribution in [3.05, 3.63) is 28.2 Å². The van der Waals surface area contributed by atoms with E-state index in [4.69, 9.17) is 4.74 Å². The maximum absolute atomic E-state index is 13.5. The van der Waals surface area contributed by atoms with Crippen LogP contribution in [-0.4, -0.2) is 32.2 Å². The second-order valence-corrected chi connectivity index (χ2v) is 4.75. The molecule has 2 N–H and O–H groups in total. The Labute approximate surface area is 118 Å². The second-order valence-electron chi connectivity index (χ2n) is 3.90. The molecule has 0 aliphatic heterocycles. The summed E-state index contributed by atoms with van der Waals surface area (Å²) in [7, 11) is 1.52. The number of rotatable bonds is 6. The molecule has 0 bridgehead atoms. The fourth-order valence-corrected chi connectivity index (χ4v) is 1.68. The van der Waals surface area contributed by atoms with Crippen molar-refractivity contribution in [1.29, 1.82) is 0 Å². The van der Waals surface area contributed by atoms with E-state index in [0.29, 0.717) is 13.2 Å². The first-order chi connectivity index (χ1) is 8.95. The lowest BCUT2D eigenvalue weighted by molar-refractivity contribution is -0.121. The lowest BCUT2D eigenvalue weighted by Gasteiger charge is -2.16. The van der Waals surface area contributed by atoms with Crippen LogP contribution in [0.2, 0.25) is 0 Å². The van der Waals surface area contributed by atoms with Gasteiger partial charge in [-0.05, 0) is 28.9 Å². The number of anilines is 1. The van der Waals surface area contributed by atoms with Gasteiger partial charge in [0.25, 0.3) is 0 Å². The summed E-state index contributed by atoms with van der Waals surface area (Å²) < 4.78 is 31.7. The predicted molar refractivity (Wildman–Crippen MR) is 72.0 cm³/mol. The van der Waals surface area contributed by atoms with Gasteiger partial charge in [-0.15, -0.1) is 0 Å². The molecule has 106 valence electrons. The fraction of sp³-hybridized carbons (Fsp3) is 0.417. The van der Waals surface area contributed by atoms with Gasteiger partial charge in [0.05, 0.1) is 16.8 Å². The van der Waals surface area contributed by atoms with Crippen LogP contribution >= 0.6 is 15.9 Å². The molecule has 0 aromatic heterocycles. The third-order valence-corrected chi connectivity index (χ3v) is 2.99. The Hall–Kier alpha value is -1.21. The number of ether oxygens (including phenoxy) is 1. The molecular formula is C12H15BrF2N2O2. The summed E-state index contributed by atoms with van der Waals surface area (Å²) in [5.74, 6) is -1.56. The SMILES string of the molecule is COCCNC(=O)C(C)Nc1cc(F)c(Br)cc1F. The molecule has 0 fully saturated rings. The zero-order chi connectivity index (χ0) is 14.4. The maximum Gasteiger partial charge on any atom is 0.242 e. The molecule has 19 heavy (non-hydrogen) atoms. The van der Waals surface area contributed by atoms with E-state index in [1.54, 1.807) is 6.92 Å². The highest BCUT2D eigenvalue weighted by Gasteiger charge is 2.15. The summed E-state index contributed by atoms with van der Waals surface area (Å²) in [5, 5.41) is 5.21. The molecule has 1 aromatic carbocycles. The summed E-state index contributed by atoms with van der Waals surface area (Å²) >= 11 is 2.88. The van der Waals surface area contributed by atoms with Crippen molar-refractivity contribution in [3.8, 4) is 0 Å². The quantitative estimate of drug-likeness (QED) is 0.619. The topological polar surface area (TPSA) is 50.4 Å². The molecule has 1 aromatic rings. The van der Waals surface area contributed by atoms with Gasteiger partial charge >= 0.3 is 0 Å². The van der Waals surface area contributed by atoms with Gasteiger partial charge < -0.3 is 15.4 Å². The normalized spacial score (nSPS) is 12.1. The second kappa shape index (κ2) is 7.40. The molecule has 4 nitrogen and oxygen atoms in total. The summed E-state index contributed by atoms with van der Waals surface area (Å²) in [6, 6.07) is 1.32. The molecule has 1 amide bonds. The van der Waals surface area contributed by atoms with Gasteiger partial charge in [-0.25, -0.2) is 8.78 Å².